The number of hydrogen-bond acceptors (Lipinski definition) is 4. The molecule has 30 heavy (non-hydrogen) atoms. The Morgan fingerprint density at radius 3 is 2.80 bits per heavy atom. The van der Waals surface area contributed by atoms with Crippen molar-refractivity contribution in [1.82, 2.24) is 15.6 Å². The summed E-state index contributed by atoms with van der Waals surface area (Å²) in [6.45, 7) is 4.99. The number of pyridine rings is 1. The fourth-order valence-corrected chi connectivity index (χ4v) is 5.82. The highest BCUT2D eigenvalue weighted by atomic mass is 32.2. The molecule has 2 saturated carbocycles. The predicted octanol–water partition coefficient (Wildman–Crippen LogP) is 3.78. The molecule has 1 aromatic rings. The molecule has 3 atom stereocenters. The summed E-state index contributed by atoms with van der Waals surface area (Å²) in [7, 11) is 1.08. The fraction of sp³-hybridized carbons (Fsp3) is 0.739. The summed E-state index contributed by atoms with van der Waals surface area (Å²) < 4.78 is 18.3. The van der Waals surface area contributed by atoms with E-state index in [4.69, 9.17) is 4.74 Å². The Balaban J connectivity index is 1.48. The maximum absolute atomic E-state index is 12.2. The van der Waals surface area contributed by atoms with Gasteiger partial charge in [-0.25, -0.2) is 4.98 Å². The van der Waals surface area contributed by atoms with Gasteiger partial charge in [0.2, 0.25) is 5.88 Å². The summed E-state index contributed by atoms with van der Waals surface area (Å²) in [5, 5.41) is 7.24. The second kappa shape index (κ2) is 11.7. The molecule has 2 aliphatic carbocycles. The molecule has 1 aromatic heterocycles. The molecule has 0 bridgehead atoms. The van der Waals surface area contributed by atoms with Crippen molar-refractivity contribution in [2.24, 2.45) is 10.9 Å². The number of guanidine groups is 1. The molecule has 168 valence electrons. The fourth-order valence-electron chi connectivity index (χ4n) is 4.47. The Hall–Kier alpha value is -1.63. The Morgan fingerprint density at radius 2 is 2.07 bits per heavy atom. The van der Waals surface area contributed by atoms with Crippen molar-refractivity contribution >= 4 is 16.8 Å². The van der Waals surface area contributed by atoms with E-state index < -0.39 is 10.8 Å². The van der Waals surface area contributed by atoms with Gasteiger partial charge in [0.25, 0.3) is 0 Å². The van der Waals surface area contributed by atoms with E-state index in [1.54, 1.807) is 7.05 Å². The SMILES string of the molecule is CCS(=O)C1CCCC(NC(=NC)NCc2ccnc(OC3CCC(C)CC3)c2)C1. The average Bonchev–Trinajstić information content (AvgIpc) is 2.78. The zero-order valence-electron chi connectivity index (χ0n) is 18.7. The first-order valence-corrected chi connectivity index (χ1v) is 12.9. The number of nitrogens with one attached hydrogen (secondary N) is 2. The molecule has 6 nitrogen and oxygen atoms in total. The molecule has 2 fully saturated rings. The minimum Gasteiger partial charge on any atom is -0.474 e. The maximum Gasteiger partial charge on any atom is 0.213 e. The summed E-state index contributed by atoms with van der Waals surface area (Å²) in [6, 6.07) is 4.37. The maximum atomic E-state index is 12.2. The monoisotopic (exact) mass is 434 g/mol. The van der Waals surface area contributed by atoms with E-state index in [1.807, 2.05) is 25.3 Å². The third kappa shape index (κ3) is 6.96. The second-order valence-corrected chi connectivity index (χ2v) is 10.7. The number of ether oxygens (including phenoxy) is 1. The van der Waals surface area contributed by atoms with Crippen LogP contribution in [0.25, 0.3) is 0 Å². The van der Waals surface area contributed by atoms with Gasteiger partial charge >= 0.3 is 0 Å². The molecule has 0 spiro atoms. The minimum absolute atomic E-state index is 0.291. The molecule has 2 N–H and O–H groups in total. The van der Waals surface area contributed by atoms with Gasteiger partial charge in [-0.1, -0.05) is 20.3 Å². The van der Waals surface area contributed by atoms with E-state index in [0.717, 1.165) is 61.7 Å². The largest absolute Gasteiger partial charge is 0.474 e. The van der Waals surface area contributed by atoms with Crippen LogP contribution in [0, 0.1) is 5.92 Å². The summed E-state index contributed by atoms with van der Waals surface area (Å²) in [5.41, 5.74) is 1.13. The van der Waals surface area contributed by atoms with Crippen LogP contribution in [0.4, 0.5) is 0 Å². The average molecular weight is 435 g/mol. The van der Waals surface area contributed by atoms with Crippen molar-refractivity contribution in [3.63, 3.8) is 0 Å². The van der Waals surface area contributed by atoms with Crippen LogP contribution < -0.4 is 15.4 Å². The van der Waals surface area contributed by atoms with Crippen LogP contribution in [-0.2, 0) is 17.3 Å². The molecule has 3 unspecified atom stereocenters. The Morgan fingerprint density at radius 1 is 1.27 bits per heavy atom. The van der Waals surface area contributed by atoms with Gasteiger partial charge in [0.1, 0.15) is 6.10 Å². The van der Waals surface area contributed by atoms with Gasteiger partial charge in [0.15, 0.2) is 5.96 Å². The lowest BCUT2D eigenvalue weighted by molar-refractivity contribution is 0.130. The summed E-state index contributed by atoms with van der Waals surface area (Å²) >= 11 is 0. The number of rotatable bonds is 7. The third-order valence-corrected chi connectivity index (χ3v) is 8.10. The van der Waals surface area contributed by atoms with Crippen LogP contribution in [0.15, 0.2) is 23.3 Å². The molecule has 7 heteroatoms. The van der Waals surface area contributed by atoms with Crippen LogP contribution >= 0.6 is 0 Å². The number of hydrogen-bond donors (Lipinski definition) is 2. The zero-order valence-corrected chi connectivity index (χ0v) is 19.5. The topological polar surface area (TPSA) is 75.6 Å². The van der Waals surface area contributed by atoms with Gasteiger partial charge in [0.05, 0.1) is 0 Å². The lowest BCUT2D eigenvalue weighted by atomic mass is 9.89. The van der Waals surface area contributed by atoms with Crippen molar-refractivity contribution in [3.8, 4) is 5.88 Å². The van der Waals surface area contributed by atoms with Crippen LogP contribution in [0.1, 0.15) is 70.8 Å². The molecule has 0 aliphatic heterocycles. The number of nitrogens with zero attached hydrogens (tertiary/aromatic N) is 2. The first kappa shape index (κ1) is 23.0. The summed E-state index contributed by atoms with van der Waals surface area (Å²) in [6.07, 6.45) is 11.1. The van der Waals surface area contributed by atoms with E-state index in [1.165, 1.54) is 12.8 Å². The Kier molecular flexibility index (Phi) is 8.97. The molecule has 0 radical (unpaired) electrons. The zero-order chi connectivity index (χ0) is 21.3. The highest BCUT2D eigenvalue weighted by Crippen LogP contribution is 2.27. The molecule has 3 rings (SSSR count). The molecule has 0 saturated heterocycles. The second-order valence-electron chi connectivity index (χ2n) is 8.73. The van der Waals surface area contributed by atoms with Gasteiger partial charge in [-0.15, -0.1) is 0 Å². The van der Waals surface area contributed by atoms with E-state index in [-0.39, 0.29) is 0 Å². The molecule has 0 amide bonds. The van der Waals surface area contributed by atoms with E-state index in [2.05, 4.69) is 27.5 Å². The highest BCUT2D eigenvalue weighted by molar-refractivity contribution is 7.85. The predicted molar refractivity (Wildman–Crippen MR) is 124 cm³/mol. The van der Waals surface area contributed by atoms with Gasteiger partial charge in [-0.2, -0.15) is 0 Å². The van der Waals surface area contributed by atoms with Crippen LogP contribution in [0.3, 0.4) is 0 Å². The van der Waals surface area contributed by atoms with Gasteiger partial charge < -0.3 is 15.4 Å². The smallest absolute Gasteiger partial charge is 0.213 e. The van der Waals surface area contributed by atoms with Gasteiger partial charge in [-0.3, -0.25) is 9.20 Å². The van der Waals surface area contributed by atoms with E-state index in [0.29, 0.717) is 29.8 Å². The van der Waals surface area contributed by atoms with Crippen molar-refractivity contribution in [3.05, 3.63) is 23.9 Å². The van der Waals surface area contributed by atoms with Gasteiger partial charge in [0, 0.05) is 53.7 Å². The Bertz CT molecular complexity index is 719. The van der Waals surface area contributed by atoms with Gasteiger partial charge in [-0.05, 0) is 62.5 Å². The summed E-state index contributed by atoms with van der Waals surface area (Å²) in [5.74, 6) is 3.07. The van der Waals surface area contributed by atoms with E-state index in [9.17, 15) is 4.21 Å². The van der Waals surface area contributed by atoms with E-state index >= 15 is 0 Å². The molecule has 0 aromatic carbocycles. The van der Waals surface area contributed by atoms with Crippen molar-refractivity contribution in [1.29, 1.82) is 0 Å². The van der Waals surface area contributed by atoms with Crippen LogP contribution in [0.5, 0.6) is 5.88 Å². The van der Waals surface area contributed by atoms with Crippen molar-refractivity contribution in [2.75, 3.05) is 12.8 Å². The number of aliphatic imine (C=N–C) groups is 1. The van der Waals surface area contributed by atoms with Crippen molar-refractivity contribution in [2.45, 2.75) is 89.2 Å². The normalized spacial score (nSPS) is 28.6. The first-order valence-electron chi connectivity index (χ1n) is 11.5. The molecular formula is C23H38N4O2S. The van der Waals surface area contributed by atoms with Crippen LogP contribution in [-0.4, -0.2) is 45.3 Å². The molecule has 1 heterocycles. The van der Waals surface area contributed by atoms with Crippen LogP contribution in [0.2, 0.25) is 0 Å². The molecular weight excluding hydrogens is 396 g/mol. The molecule has 2 aliphatic rings. The number of aromatic nitrogens is 1. The summed E-state index contributed by atoms with van der Waals surface area (Å²) in [4.78, 5) is 8.78. The Labute approximate surface area is 184 Å². The lowest BCUT2D eigenvalue weighted by Gasteiger charge is -2.30. The lowest BCUT2D eigenvalue weighted by Crippen LogP contribution is -2.46. The highest BCUT2D eigenvalue weighted by Gasteiger charge is 2.26. The minimum atomic E-state index is -0.714. The first-order chi connectivity index (χ1) is 14.6. The standard InChI is InChI=1S/C23H38N4O2S/c1-4-30(28)21-7-5-6-19(15-21)27-23(24-3)26-16-18-12-13-25-22(14-18)29-20-10-8-17(2)9-11-20/h12-14,17,19-21H,4-11,15-16H2,1-3H3,(H2,24,26,27). The van der Waals surface area contributed by atoms with Crippen molar-refractivity contribution < 1.29 is 8.95 Å². The quantitative estimate of drug-likeness (QED) is 0.504. The third-order valence-electron chi connectivity index (χ3n) is 6.36.